The summed E-state index contributed by atoms with van der Waals surface area (Å²) >= 11 is 6.37. The predicted molar refractivity (Wildman–Crippen MR) is 98.2 cm³/mol. The zero-order valence-corrected chi connectivity index (χ0v) is 14.6. The molecule has 0 radical (unpaired) electrons. The van der Waals surface area contributed by atoms with Crippen molar-refractivity contribution in [1.29, 1.82) is 0 Å². The van der Waals surface area contributed by atoms with Crippen LogP contribution in [0.3, 0.4) is 0 Å². The first-order chi connectivity index (χ1) is 12.2. The quantitative estimate of drug-likeness (QED) is 0.509. The Kier molecular flexibility index (Phi) is 4.03. The summed E-state index contributed by atoms with van der Waals surface area (Å²) in [6.07, 6.45) is 1.61. The molecule has 1 unspecified atom stereocenters. The van der Waals surface area contributed by atoms with Crippen LogP contribution in [0.4, 0.5) is 0 Å². The van der Waals surface area contributed by atoms with Crippen molar-refractivity contribution in [2.45, 2.75) is 6.23 Å². The van der Waals surface area contributed by atoms with E-state index < -0.39 is 0 Å². The average Bonchev–Trinajstić information content (AvgIpc) is 3.08. The highest BCUT2D eigenvalue weighted by Gasteiger charge is 2.18. The molecular formula is C19H16ClN3O2. The van der Waals surface area contributed by atoms with Gasteiger partial charge in [-0.2, -0.15) is 5.10 Å². The van der Waals surface area contributed by atoms with Crippen molar-refractivity contribution >= 4 is 33.4 Å². The lowest BCUT2D eigenvalue weighted by molar-refractivity contribution is 0.0687. The number of halogens is 1. The van der Waals surface area contributed by atoms with Crippen LogP contribution in [0.5, 0.6) is 5.75 Å². The topological polar surface area (TPSA) is 49.2 Å². The van der Waals surface area contributed by atoms with E-state index in [9.17, 15) is 0 Å². The summed E-state index contributed by atoms with van der Waals surface area (Å²) in [6, 6.07) is 15.7. The highest BCUT2D eigenvalue weighted by Crippen LogP contribution is 2.32. The molecule has 5 nitrogen and oxygen atoms in total. The number of benzene rings is 2. The molecule has 126 valence electrons. The number of nitrogens with zero attached hydrogens (tertiary/aromatic N) is 3. The van der Waals surface area contributed by atoms with Gasteiger partial charge >= 0.3 is 0 Å². The van der Waals surface area contributed by atoms with Crippen LogP contribution in [0.1, 0.15) is 11.8 Å². The van der Waals surface area contributed by atoms with E-state index in [0.717, 1.165) is 27.6 Å². The summed E-state index contributed by atoms with van der Waals surface area (Å²) in [7, 11) is 3.29. The van der Waals surface area contributed by atoms with Gasteiger partial charge in [-0.05, 0) is 12.1 Å². The van der Waals surface area contributed by atoms with Crippen molar-refractivity contribution in [3.05, 3.63) is 65.4 Å². The van der Waals surface area contributed by atoms with Crippen molar-refractivity contribution in [2.75, 3.05) is 14.2 Å². The molecule has 25 heavy (non-hydrogen) atoms. The average molecular weight is 354 g/mol. The lowest BCUT2D eigenvalue weighted by Crippen LogP contribution is -2.13. The van der Waals surface area contributed by atoms with E-state index in [1.54, 1.807) is 18.9 Å². The van der Waals surface area contributed by atoms with Gasteiger partial charge in [0.05, 0.1) is 12.6 Å². The molecule has 0 bridgehead atoms. The lowest BCUT2D eigenvalue weighted by atomic mass is 10.1. The van der Waals surface area contributed by atoms with Crippen LogP contribution in [0.15, 0.2) is 54.7 Å². The van der Waals surface area contributed by atoms with E-state index in [-0.39, 0.29) is 6.23 Å². The van der Waals surface area contributed by atoms with Crippen molar-refractivity contribution in [3.63, 3.8) is 0 Å². The first-order valence-electron chi connectivity index (χ1n) is 7.81. The van der Waals surface area contributed by atoms with Crippen LogP contribution in [-0.2, 0) is 4.74 Å². The number of pyridine rings is 1. The third-order valence-electron chi connectivity index (χ3n) is 4.19. The summed E-state index contributed by atoms with van der Waals surface area (Å²) in [5.74, 6) is 0.738. The highest BCUT2D eigenvalue weighted by atomic mass is 35.5. The minimum Gasteiger partial charge on any atom is -0.497 e. The van der Waals surface area contributed by atoms with E-state index in [0.29, 0.717) is 10.7 Å². The Morgan fingerprint density at radius 2 is 1.84 bits per heavy atom. The number of hydrogen-bond donors (Lipinski definition) is 0. The molecule has 0 fully saturated rings. The molecule has 2 aromatic carbocycles. The van der Waals surface area contributed by atoms with Gasteiger partial charge in [0.2, 0.25) is 0 Å². The third kappa shape index (κ3) is 2.71. The minimum atomic E-state index is -0.335. The normalized spacial score (nSPS) is 12.6. The molecule has 4 aromatic rings. The van der Waals surface area contributed by atoms with Gasteiger partial charge in [-0.25, -0.2) is 9.67 Å². The Morgan fingerprint density at radius 3 is 2.56 bits per heavy atom. The molecule has 0 aliphatic rings. The Morgan fingerprint density at radius 1 is 1.04 bits per heavy atom. The molecule has 0 saturated heterocycles. The number of ether oxygens (including phenoxy) is 2. The standard InChI is InChI=1S/C19H16ClN3O2/c1-24-13-8-9-14-15-11-23(19(25-2)12-6-4-3-5-7-12)22-17(15)18(20)21-16(14)10-13/h3-11,19H,1-2H3. The molecule has 0 saturated carbocycles. The lowest BCUT2D eigenvalue weighted by Gasteiger charge is -2.15. The van der Waals surface area contributed by atoms with Gasteiger partial charge < -0.3 is 9.47 Å². The molecule has 4 rings (SSSR count). The zero-order valence-electron chi connectivity index (χ0n) is 13.8. The number of rotatable bonds is 4. The largest absolute Gasteiger partial charge is 0.497 e. The van der Waals surface area contributed by atoms with Crippen LogP contribution in [0, 0.1) is 0 Å². The van der Waals surface area contributed by atoms with E-state index in [2.05, 4.69) is 10.1 Å². The van der Waals surface area contributed by atoms with Crippen molar-refractivity contribution in [1.82, 2.24) is 14.8 Å². The molecule has 0 amide bonds. The van der Waals surface area contributed by atoms with E-state index >= 15 is 0 Å². The monoisotopic (exact) mass is 353 g/mol. The molecule has 1 atom stereocenters. The smallest absolute Gasteiger partial charge is 0.175 e. The van der Waals surface area contributed by atoms with Crippen LogP contribution in [-0.4, -0.2) is 29.0 Å². The Hall–Kier alpha value is -2.63. The molecule has 6 heteroatoms. The van der Waals surface area contributed by atoms with E-state index in [1.807, 2.05) is 54.7 Å². The van der Waals surface area contributed by atoms with Gasteiger partial charge in [0, 0.05) is 35.7 Å². The number of hydrogen-bond acceptors (Lipinski definition) is 4. The SMILES string of the molecule is COc1ccc2c(c1)nc(Cl)c1nn(C(OC)c3ccccc3)cc12. The maximum atomic E-state index is 6.37. The van der Waals surface area contributed by atoms with Gasteiger partial charge in [-0.15, -0.1) is 0 Å². The van der Waals surface area contributed by atoms with Gasteiger partial charge in [0.1, 0.15) is 11.3 Å². The fourth-order valence-electron chi connectivity index (χ4n) is 2.99. The molecule has 0 N–H and O–H groups in total. The Balaban J connectivity index is 1.92. The molecule has 0 aliphatic carbocycles. The van der Waals surface area contributed by atoms with Gasteiger partial charge in [0.15, 0.2) is 11.4 Å². The van der Waals surface area contributed by atoms with Crippen LogP contribution in [0.2, 0.25) is 5.15 Å². The Labute approximate surface area is 149 Å². The Bertz CT molecular complexity index is 1050. The molecule has 0 aliphatic heterocycles. The van der Waals surface area contributed by atoms with Crippen molar-refractivity contribution in [2.24, 2.45) is 0 Å². The second-order valence-electron chi connectivity index (χ2n) is 5.66. The first-order valence-corrected chi connectivity index (χ1v) is 8.19. The number of fused-ring (bicyclic) bond motifs is 3. The zero-order chi connectivity index (χ0) is 17.4. The second-order valence-corrected chi connectivity index (χ2v) is 6.01. The summed E-state index contributed by atoms with van der Waals surface area (Å²) in [5.41, 5.74) is 2.43. The maximum Gasteiger partial charge on any atom is 0.175 e. The molecule has 2 heterocycles. The minimum absolute atomic E-state index is 0.335. The number of aromatic nitrogens is 3. The third-order valence-corrected chi connectivity index (χ3v) is 4.45. The highest BCUT2D eigenvalue weighted by molar-refractivity contribution is 6.35. The van der Waals surface area contributed by atoms with E-state index in [1.165, 1.54) is 0 Å². The summed E-state index contributed by atoms with van der Waals surface area (Å²) in [4.78, 5) is 4.45. The van der Waals surface area contributed by atoms with Crippen LogP contribution >= 0.6 is 11.6 Å². The van der Waals surface area contributed by atoms with Gasteiger partial charge in [0.25, 0.3) is 0 Å². The molecular weight excluding hydrogens is 338 g/mol. The summed E-state index contributed by atoms with van der Waals surface area (Å²) < 4.78 is 12.7. The maximum absolute atomic E-state index is 6.37. The fraction of sp³-hybridized carbons (Fsp3) is 0.158. The van der Waals surface area contributed by atoms with Crippen LogP contribution < -0.4 is 4.74 Å². The van der Waals surface area contributed by atoms with E-state index in [4.69, 9.17) is 21.1 Å². The van der Waals surface area contributed by atoms with Crippen LogP contribution in [0.25, 0.3) is 21.8 Å². The van der Waals surface area contributed by atoms with Gasteiger partial charge in [-0.1, -0.05) is 41.9 Å². The fourth-order valence-corrected chi connectivity index (χ4v) is 3.22. The molecule has 2 aromatic heterocycles. The molecule has 0 spiro atoms. The van der Waals surface area contributed by atoms with Crippen molar-refractivity contribution < 1.29 is 9.47 Å². The predicted octanol–water partition coefficient (Wildman–Crippen LogP) is 4.44. The summed E-state index contributed by atoms with van der Waals surface area (Å²) in [6.45, 7) is 0. The van der Waals surface area contributed by atoms with Crippen molar-refractivity contribution in [3.8, 4) is 5.75 Å². The first kappa shape index (κ1) is 15.9. The summed E-state index contributed by atoms with van der Waals surface area (Å²) in [5, 5.41) is 6.87. The second kappa shape index (κ2) is 6.35. The number of methoxy groups -OCH3 is 2. The van der Waals surface area contributed by atoms with Gasteiger partial charge in [-0.3, -0.25) is 0 Å².